The maximum Gasteiger partial charge on any atom is 0.338 e. The molecule has 1 amide bonds. The van der Waals surface area contributed by atoms with Gasteiger partial charge in [-0.25, -0.2) is 4.79 Å². The van der Waals surface area contributed by atoms with Gasteiger partial charge in [-0.2, -0.15) is 0 Å². The van der Waals surface area contributed by atoms with Crippen molar-refractivity contribution >= 4 is 30.2 Å². The van der Waals surface area contributed by atoms with E-state index in [4.69, 9.17) is 17.4 Å². The van der Waals surface area contributed by atoms with E-state index in [1.165, 1.54) is 19.3 Å². The van der Waals surface area contributed by atoms with Gasteiger partial charge in [-0.05, 0) is 68.5 Å². The molecule has 36 heavy (non-hydrogen) atoms. The highest BCUT2D eigenvalue weighted by molar-refractivity contribution is 7.80. The minimum Gasteiger partial charge on any atom is -0.462 e. The summed E-state index contributed by atoms with van der Waals surface area (Å²) in [5.74, 6) is -0.450. The van der Waals surface area contributed by atoms with Gasteiger partial charge in [0, 0.05) is 29.2 Å². The molecule has 0 saturated carbocycles. The summed E-state index contributed by atoms with van der Waals surface area (Å²) in [6.07, 6.45) is 3.82. The molecule has 1 saturated heterocycles. The van der Waals surface area contributed by atoms with Crippen LogP contribution in [0.4, 0.5) is 5.69 Å². The molecule has 1 atom stereocenters. The van der Waals surface area contributed by atoms with E-state index in [2.05, 4.69) is 40.5 Å². The number of aryl methyl sites for hydroxylation is 1. The van der Waals surface area contributed by atoms with Crippen LogP contribution < -0.4 is 10.2 Å². The Bertz CT molecular complexity index is 1200. The quantitative estimate of drug-likeness (QED) is 0.297. The summed E-state index contributed by atoms with van der Waals surface area (Å²) in [6.45, 7) is 6.19. The number of carbonyl (C=O) groups excluding carboxylic acids is 2. The van der Waals surface area contributed by atoms with Crippen LogP contribution in [0.5, 0.6) is 0 Å². The lowest BCUT2D eigenvalue weighted by molar-refractivity contribution is -0.120. The fraction of sp³-hybridized carbons (Fsp3) is 0.333. The minimum absolute atomic E-state index is 0.0920. The van der Waals surface area contributed by atoms with Crippen molar-refractivity contribution in [1.29, 1.82) is 0 Å². The zero-order chi connectivity index (χ0) is 25.5. The Labute approximate surface area is 219 Å². The molecule has 0 spiro atoms. The standard InChI is InChI=1S/C30H34N2O3S/c1-3-35-30(34)23-14-12-22(13-15-23)20-28(33)31-29(25-16-11-21(2)19-27(25)36)24-9-5-6-10-26(24)32-17-7-4-8-18-32/h5-6,9-16,19,29,36H,3-4,7-8,17-18,20H2,1-2H3,(H,31,33). The summed E-state index contributed by atoms with van der Waals surface area (Å²) < 4.78 is 5.05. The van der Waals surface area contributed by atoms with Gasteiger partial charge in [-0.1, -0.05) is 48.0 Å². The molecule has 3 aromatic carbocycles. The highest BCUT2D eigenvalue weighted by Crippen LogP contribution is 2.35. The lowest BCUT2D eigenvalue weighted by Gasteiger charge is -2.33. The Morgan fingerprint density at radius 3 is 2.39 bits per heavy atom. The van der Waals surface area contributed by atoms with E-state index in [0.29, 0.717) is 12.2 Å². The second kappa shape index (κ2) is 12.1. The average molecular weight is 503 g/mol. The van der Waals surface area contributed by atoms with Crippen LogP contribution in [0.1, 0.15) is 64.8 Å². The Hall–Kier alpha value is -3.25. The maximum atomic E-state index is 13.3. The molecule has 4 rings (SSSR count). The first-order valence-corrected chi connectivity index (χ1v) is 13.1. The third kappa shape index (κ3) is 6.30. The molecule has 3 aromatic rings. The fourth-order valence-corrected chi connectivity index (χ4v) is 5.15. The van der Waals surface area contributed by atoms with Crippen molar-refractivity contribution in [1.82, 2.24) is 5.32 Å². The number of nitrogens with zero attached hydrogens (tertiary/aromatic N) is 1. The zero-order valence-electron chi connectivity index (χ0n) is 21.0. The molecule has 0 bridgehead atoms. The number of benzene rings is 3. The highest BCUT2D eigenvalue weighted by Gasteiger charge is 2.24. The molecule has 188 valence electrons. The normalized spacial score (nSPS) is 14.2. The number of nitrogens with one attached hydrogen (secondary N) is 1. The van der Waals surface area contributed by atoms with Gasteiger partial charge < -0.3 is 15.0 Å². The first kappa shape index (κ1) is 25.8. The van der Waals surface area contributed by atoms with Crippen LogP contribution in [0, 0.1) is 6.92 Å². The summed E-state index contributed by atoms with van der Waals surface area (Å²) in [5.41, 5.74) is 5.64. The number of esters is 1. The van der Waals surface area contributed by atoms with E-state index >= 15 is 0 Å². The van der Waals surface area contributed by atoms with Gasteiger partial charge in [0.2, 0.25) is 5.91 Å². The van der Waals surface area contributed by atoms with Crippen molar-refractivity contribution in [2.45, 2.75) is 50.5 Å². The molecule has 6 heteroatoms. The fourth-order valence-electron chi connectivity index (χ4n) is 4.75. The highest BCUT2D eigenvalue weighted by atomic mass is 32.1. The zero-order valence-corrected chi connectivity index (χ0v) is 21.9. The number of hydrogen-bond donors (Lipinski definition) is 2. The van der Waals surface area contributed by atoms with Crippen LogP contribution >= 0.6 is 12.6 Å². The monoisotopic (exact) mass is 502 g/mol. The molecule has 1 fully saturated rings. The van der Waals surface area contributed by atoms with Crippen molar-refractivity contribution < 1.29 is 14.3 Å². The van der Waals surface area contributed by atoms with E-state index < -0.39 is 0 Å². The van der Waals surface area contributed by atoms with Gasteiger partial charge in [0.25, 0.3) is 0 Å². The second-order valence-corrected chi connectivity index (χ2v) is 9.75. The lowest BCUT2D eigenvalue weighted by Crippen LogP contribution is -2.34. The third-order valence-electron chi connectivity index (χ3n) is 6.58. The molecular weight excluding hydrogens is 468 g/mol. The number of carbonyl (C=O) groups is 2. The predicted octanol–water partition coefficient (Wildman–Crippen LogP) is 5.90. The van der Waals surface area contributed by atoms with Gasteiger partial charge in [0.05, 0.1) is 24.6 Å². The number of anilines is 1. The Kier molecular flexibility index (Phi) is 8.70. The molecule has 0 radical (unpaired) electrons. The summed E-state index contributed by atoms with van der Waals surface area (Å²) in [7, 11) is 0. The van der Waals surface area contributed by atoms with Crippen molar-refractivity contribution in [3.63, 3.8) is 0 Å². The molecule has 0 aliphatic carbocycles. The molecule has 1 unspecified atom stereocenters. The van der Waals surface area contributed by atoms with Gasteiger partial charge >= 0.3 is 5.97 Å². The molecule has 1 aliphatic heterocycles. The molecular formula is C30H34N2O3S. The molecule has 1 aliphatic rings. The van der Waals surface area contributed by atoms with E-state index in [9.17, 15) is 9.59 Å². The Balaban J connectivity index is 1.61. The number of para-hydroxylation sites is 1. The first-order chi connectivity index (χ1) is 17.5. The summed E-state index contributed by atoms with van der Waals surface area (Å²) in [4.78, 5) is 28.5. The largest absolute Gasteiger partial charge is 0.462 e. The number of hydrogen-bond acceptors (Lipinski definition) is 5. The molecule has 1 N–H and O–H groups in total. The molecule has 5 nitrogen and oxygen atoms in total. The van der Waals surface area contributed by atoms with Crippen LogP contribution in [0.2, 0.25) is 0 Å². The Morgan fingerprint density at radius 2 is 1.69 bits per heavy atom. The van der Waals surface area contributed by atoms with Crippen molar-refractivity contribution in [2.24, 2.45) is 0 Å². The van der Waals surface area contributed by atoms with Gasteiger partial charge in [-0.15, -0.1) is 12.6 Å². The topological polar surface area (TPSA) is 58.6 Å². The number of rotatable bonds is 8. The SMILES string of the molecule is CCOC(=O)c1ccc(CC(=O)NC(c2ccc(C)cc2S)c2ccccc2N2CCCCC2)cc1. The average Bonchev–Trinajstić information content (AvgIpc) is 2.89. The van der Waals surface area contributed by atoms with Gasteiger partial charge in [0.15, 0.2) is 0 Å². The minimum atomic E-state index is -0.358. The lowest BCUT2D eigenvalue weighted by atomic mass is 9.94. The third-order valence-corrected chi connectivity index (χ3v) is 6.96. The Morgan fingerprint density at radius 1 is 0.972 bits per heavy atom. The van der Waals surface area contributed by atoms with E-state index in [-0.39, 0.29) is 24.3 Å². The van der Waals surface area contributed by atoms with Crippen molar-refractivity contribution in [3.05, 3.63) is 94.5 Å². The van der Waals surface area contributed by atoms with Crippen LogP contribution in [-0.2, 0) is 16.0 Å². The number of piperidine rings is 1. The number of ether oxygens (including phenoxy) is 1. The maximum absolute atomic E-state index is 13.3. The molecule has 0 aromatic heterocycles. The summed E-state index contributed by atoms with van der Waals surface area (Å²) in [6, 6.07) is 21.2. The van der Waals surface area contributed by atoms with Crippen LogP contribution in [0.15, 0.2) is 71.6 Å². The van der Waals surface area contributed by atoms with Crippen LogP contribution in [0.3, 0.4) is 0 Å². The van der Waals surface area contributed by atoms with Crippen molar-refractivity contribution in [3.8, 4) is 0 Å². The number of amides is 1. The summed E-state index contributed by atoms with van der Waals surface area (Å²) in [5, 5.41) is 3.29. The molecule has 1 heterocycles. The van der Waals surface area contributed by atoms with E-state index in [0.717, 1.165) is 45.9 Å². The predicted molar refractivity (Wildman–Crippen MR) is 147 cm³/mol. The number of thiol groups is 1. The van der Waals surface area contributed by atoms with E-state index in [1.54, 1.807) is 31.2 Å². The van der Waals surface area contributed by atoms with Gasteiger partial charge in [-0.3, -0.25) is 4.79 Å². The second-order valence-electron chi connectivity index (χ2n) is 9.26. The van der Waals surface area contributed by atoms with Crippen LogP contribution in [0.25, 0.3) is 0 Å². The first-order valence-electron chi connectivity index (χ1n) is 12.6. The van der Waals surface area contributed by atoms with Crippen molar-refractivity contribution in [2.75, 3.05) is 24.6 Å². The van der Waals surface area contributed by atoms with E-state index in [1.807, 2.05) is 19.1 Å². The smallest absolute Gasteiger partial charge is 0.338 e. The van der Waals surface area contributed by atoms with Crippen LogP contribution in [-0.4, -0.2) is 31.6 Å². The van der Waals surface area contributed by atoms with Gasteiger partial charge in [0.1, 0.15) is 0 Å². The summed E-state index contributed by atoms with van der Waals surface area (Å²) >= 11 is 4.78.